The Morgan fingerprint density at radius 3 is 2.24 bits per heavy atom. The summed E-state index contributed by atoms with van der Waals surface area (Å²) in [4.78, 5) is 0.425. The van der Waals surface area contributed by atoms with Crippen molar-refractivity contribution >= 4 is 11.8 Å². The molecule has 1 nitrogen and oxygen atoms in total. The minimum absolute atomic E-state index is 0.181. The molecule has 4 heteroatoms. The van der Waals surface area contributed by atoms with Crippen LogP contribution in [0.25, 0.3) is 0 Å². The van der Waals surface area contributed by atoms with Gasteiger partial charge in [-0.15, -0.1) is 11.8 Å². The van der Waals surface area contributed by atoms with Crippen LogP contribution in [-0.4, -0.2) is 5.75 Å². The van der Waals surface area contributed by atoms with Crippen LogP contribution < -0.4 is 5.73 Å². The van der Waals surface area contributed by atoms with Crippen LogP contribution in [0, 0.1) is 32.4 Å². The molecule has 2 aromatic rings. The molecule has 0 radical (unpaired) electrons. The quantitative estimate of drug-likeness (QED) is 0.830. The van der Waals surface area contributed by atoms with Gasteiger partial charge >= 0.3 is 0 Å². The van der Waals surface area contributed by atoms with Crippen LogP contribution in [-0.2, 0) is 0 Å². The Morgan fingerprint density at radius 1 is 1.05 bits per heavy atom. The highest BCUT2D eigenvalue weighted by Gasteiger charge is 2.14. The van der Waals surface area contributed by atoms with Gasteiger partial charge in [-0.3, -0.25) is 0 Å². The Labute approximate surface area is 128 Å². The molecule has 2 N–H and O–H groups in total. The minimum atomic E-state index is -0.564. The molecule has 1 atom stereocenters. The summed E-state index contributed by atoms with van der Waals surface area (Å²) in [7, 11) is 0. The van der Waals surface area contributed by atoms with Crippen molar-refractivity contribution in [3.8, 4) is 0 Å². The first-order valence-electron chi connectivity index (χ1n) is 6.79. The first kappa shape index (κ1) is 16.0. The Bertz CT molecular complexity index is 632. The molecule has 0 aromatic heterocycles. The summed E-state index contributed by atoms with van der Waals surface area (Å²) < 4.78 is 26.5. The molecule has 0 bridgehead atoms. The number of hydrogen-bond acceptors (Lipinski definition) is 2. The summed E-state index contributed by atoms with van der Waals surface area (Å²) in [6, 6.07) is 7.64. The van der Waals surface area contributed by atoms with Crippen LogP contribution in [0.2, 0.25) is 0 Å². The lowest BCUT2D eigenvalue weighted by molar-refractivity contribution is 0.565. The van der Waals surface area contributed by atoms with E-state index in [4.69, 9.17) is 5.73 Å². The molecule has 0 aliphatic rings. The maximum atomic E-state index is 13.6. The average molecular weight is 307 g/mol. The average Bonchev–Trinajstić information content (AvgIpc) is 2.36. The van der Waals surface area contributed by atoms with Gasteiger partial charge in [-0.25, -0.2) is 8.78 Å². The van der Waals surface area contributed by atoms with Crippen LogP contribution in [0.3, 0.4) is 0 Å². The van der Waals surface area contributed by atoms with E-state index >= 15 is 0 Å². The van der Waals surface area contributed by atoms with E-state index in [2.05, 4.69) is 19.1 Å². The molecule has 2 rings (SSSR count). The van der Waals surface area contributed by atoms with Gasteiger partial charge in [-0.05, 0) is 49.6 Å². The SMILES string of the molecule is Cc1cc(C)c(C(N)CSc2ccc(F)cc2F)c(C)c1. The Morgan fingerprint density at radius 2 is 1.67 bits per heavy atom. The molecular weight excluding hydrogens is 288 g/mol. The van der Waals surface area contributed by atoms with Gasteiger partial charge in [0.25, 0.3) is 0 Å². The molecule has 0 aliphatic heterocycles. The third kappa shape index (κ3) is 3.83. The zero-order chi connectivity index (χ0) is 15.6. The summed E-state index contributed by atoms with van der Waals surface area (Å²) in [5, 5.41) is 0. The van der Waals surface area contributed by atoms with E-state index in [0.717, 1.165) is 22.8 Å². The van der Waals surface area contributed by atoms with Gasteiger partial charge in [0.2, 0.25) is 0 Å². The molecule has 112 valence electrons. The van der Waals surface area contributed by atoms with Gasteiger partial charge in [0, 0.05) is 22.8 Å². The van der Waals surface area contributed by atoms with Gasteiger partial charge < -0.3 is 5.73 Å². The van der Waals surface area contributed by atoms with Crippen LogP contribution in [0.4, 0.5) is 8.78 Å². The highest BCUT2D eigenvalue weighted by Crippen LogP contribution is 2.29. The van der Waals surface area contributed by atoms with Crippen molar-refractivity contribution < 1.29 is 8.78 Å². The predicted molar refractivity (Wildman–Crippen MR) is 84.7 cm³/mol. The van der Waals surface area contributed by atoms with E-state index in [9.17, 15) is 8.78 Å². The predicted octanol–water partition coefficient (Wildman–Crippen LogP) is 4.68. The largest absolute Gasteiger partial charge is 0.323 e. The van der Waals surface area contributed by atoms with E-state index in [1.807, 2.05) is 13.8 Å². The van der Waals surface area contributed by atoms with Crippen LogP contribution in [0.5, 0.6) is 0 Å². The molecule has 2 aromatic carbocycles. The third-order valence-corrected chi connectivity index (χ3v) is 4.59. The molecule has 1 unspecified atom stereocenters. The minimum Gasteiger partial charge on any atom is -0.323 e. The van der Waals surface area contributed by atoms with Crippen LogP contribution in [0.15, 0.2) is 35.2 Å². The van der Waals surface area contributed by atoms with E-state index < -0.39 is 11.6 Å². The second-order valence-electron chi connectivity index (χ2n) is 5.30. The molecule has 0 spiro atoms. The summed E-state index contributed by atoms with van der Waals surface area (Å²) >= 11 is 1.31. The second-order valence-corrected chi connectivity index (χ2v) is 6.37. The highest BCUT2D eigenvalue weighted by atomic mass is 32.2. The van der Waals surface area contributed by atoms with Crippen molar-refractivity contribution in [2.75, 3.05) is 5.75 Å². The van der Waals surface area contributed by atoms with E-state index in [-0.39, 0.29) is 6.04 Å². The number of halogens is 2. The first-order chi connectivity index (χ1) is 9.88. The summed E-state index contributed by atoms with van der Waals surface area (Å²) in [6.07, 6.45) is 0. The lowest BCUT2D eigenvalue weighted by Gasteiger charge is -2.18. The molecule has 0 saturated carbocycles. The molecule has 0 fully saturated rings. The van der Waals surface area contributed by atoms with Crippen molar-refractivity contribution in [2.24, 2.45) is 5.73 Å². The van der Waals surface area contributed by atoms with Crippen molar-refractivity contribution in [1.82, 2.24) is 0 Å². The van der Waals surface area contributed by atoms with Gasteiger partial charge in [-0.2, -0.15) is 0 Å². The maximum Gasteiger partial charge on any atom is 0.139 e. The topological polar surface area (TPSA) is 26.0 Å². The fourth-order valence-corrected chi connectivity index (χ4v) is 3.52. The van der Waals surface area contributed by atoms with Crippen LogP contribution >= 0.6 is 11.8 Å². The molecular formula is C17H19F2NS. The lowest BCUT2D eigenvalue weighted by Crippen LogP contribution is -2.16. The smallest absolute Gasteiger partial charge is 0.139 e. The zero-order valence-electron chi connectivity index (χ0n) is 12.4. The van der Waals surface area contributed by atoms with E-state index in [1.165, 1.54) is 29.5 Å². The van der Waals surface area contributed by atoms with Gasteiger partial charge in [0.1, 0.15) is 11.6 Å². The molecule has 0 saturated heterocycles. The normalized spacial score (nSPS) is 12.5. The third-order valence-electron chi connectivity index (χ3n) is 3.42. The molecule has 21 heavy (non-hydrogen) atoms. The van der Waals surface area contributed by atoms with Crippen LogP contribution in [0.1, 0.15) is 28.3 Å². The van der Waals surface area contributed by atoms with Crippen molar-refractivity contribution in [1.29, 1.82) is 0 Å². The molecule has 0 aliphatic carbocycles. The number of benzene rings is 2. The number of rotatable bonds is 4. The van der Waals surface area contributed by atoms with Gasteiger partial charge in [0.15, 0.2) is 0 Å². The molecule has 0 heterocycles. The highest BCUT2D eigenvalue weighted by molar-refractivity contribution is 7.99. The monoisotopic (exact) mass is 307 g/mol. The van der Waals surface area contributed by atoms with Crippen molar-refractivity contribution in [2.45, 2.75) is 31.7 Å². The first-order valence-corrected chi connectivity index (χ1v) is 7.78. The number of aryl methyl sites for hydroxylation is 3. The maximum absolute atomic E-state index is 13.6. The van der Waals surface area contributed by atoms with E-state index in [1.54, 1.807) is 0 Å². The lowest BCUT2D eigenvalue weighted by atomic mass is 9.95. The summed E-state index contributed by atoms with van der Waals surface area (Å²) in [5.74, 6) is -0.552. The van der Waals surface area contributed by atoms with Gasteiger partial charge in [0.05, 0.1) is 0 Å². The van der Waals surface area contributed by atoms with Crippen molar-refractivity contribution in [3.63, 3.8) is 0 Å². The number of hydrogen-bond donors (Lipinski definition) is 1. The fourth-order valence-electron chi connectivity index (χ4n) is 2.63. The number of thioether (sulfide) groups is 1. The summed E-state index contributed by atoms with van der Waals surface area (Å²) in [6.45, 7) is 6.13. The zero-order valence-corrected chi connectivity index (χ0v) is 13.2. The van der Waals surface area contributed by atoms with Crippen molar-refractivity contribution in [3.05, 3.63) is 64.2 Å². The fraction of sp³-hybridized carbons (Fsp3) is 0.294. The number of nitrogens with two attached hydrogens (primary N) is 1. The Kier molecular flexibility index (Phi) is 5.01. The summed E-state index contributed by atoms with van der Waals surface area (Å²) in [5.41, 5.74) is 10.9. The van der Waals surface area contributed by atoms with E-state index in [0.29, 0.717) is 10.6 Å². The Hall–Kier alpha value is -1.39. The standard InChI is InChI=1S/C17H19F2NS/c1-10-6-11(2)17(12(3)7-10)15(20)9-21-16-5-4-13(18)8-14(16)19/h4-8,15H,9,20H2,1-3H3. The van der Waals surface area contributed by atoms with Gasteiger partial charge in [-0.1, -0.05) is 17.7 Å². The second kappa shape index (κ2) is 6.58. The molecule has 0 amide bonds. The Balaban J connectivity index is 2.13.